The highest BCUT2D eigenvalue weighted by Gasteiger charge is 2.06. The lowest BCUT2D eigenvalue weighted by Crippen LogP contribution is -2.42. The highest BCUT2D eigenvalue weighted by atomic mass is 127. The van der Waals surface area contributed by atoms with E-state index >= 15 is 0 Å². The number of rotatable bonds is 10. The van der Waals surface area contributed by atoms with Crippen LogP contribution in [0.25, 0.3) is 0 Å². The zero-order valence-corrected chi connectivity index (χ0v) is 18.7. The highest BCUT2D eigenvalue weighted by molar-refractivity contribution is 14.0. The van der Waals surface area contributed by atoms with E-state index in [0.29, 0.717) is 6.04 Å². The summed E-state index contributed by atoms with van der Waals surface area (Å²) in [6.45, 7) is 10.8. The van der Waals surface area contributed by atoms with Crippen molar-refractivity contribution in [1.29, 1.82) is 0 Å². The summed E-state index contributed by atoms with van der Waals surface area (Å²) in [6.07, 6.45) is 2.34. The highest BCUT2D eigenvalue weighted by Crippen LogP contribution is 2.10. The number of nitrogens with one attached hydrogen (secondary N) is 2. The molecule has 0 saturated heterocycles. The molecule has 0 fully saturated rings. The summed E-state index contributed by atoms with van der Waals surface area (Å²) in [7, 11) is 3.49. The molecule has 25 heavy (non-hydrogen) atoms. The summed E-state index contributed by atoms with van der Waals surface area (Å²) >= 11 is 0. The molecule has 0 amide bonds. The van der Waals surface area contributed by atoms with Gasteiger partial charge in [-0.1, -0.05) is 26.0 Å². The van der Waals surface area contributed by atoms with Crippen LogP contribution in [0.1, 0.15) is 39.2 Å². The summed E-state index contributed by atoms with van der Waals surface area (Å²) < 4.78 is 5.18. The lowest BCUT2D eigenvalue weighted by Gasteiger charge is -2.21. The number of hydrogen-bond donors (Lipinski definition) is 2. The molecule has 1 unspecified atom stereocenters. The van der Waals surface area contributed by atoms with Crippen molar-refractivity contribution >= 4 is 29.9 Å². The molecule has 0 aliphatic heterocycles. The first-order chi connectivity index (χ1) is 11.6. The summed E-state index contributed by atoms with van der Waals surface area (Å²) in [4.78, 5) is 6.77. The first kappa shape index (κ1) is 24.0. The second kappa shape index (κ2) is 14.2. The van der Waals surface area contributed by atoms with Gasteiger partial charge in [0.05, 0.1) is 7.11 Å². The largest absolute Gasteiger partial charge is 0.497 e. The van der Waals surface area contributed by atoms with Crippen molar-refractivity contribution in [2.24, 2.45) is 4.99 Å². The SMILES string of the molecule is CCN(CC)CCCC(C)NC(=NC)NCc1ccc(OC)cc1.I. The van der Waals surface area contributed by atoms with Crippen LogP contribution in [0.15, 0.2) is 29.3 Å². The smallest absolute Gasteiger partial charge is 0.191 e. The average Bonchev–Trinajstić information content (AvgIpc) is 2.62. The molecule has 0 heterocycles. The van der Waals surface area contributed by atoms with Crippen LogP contribution in [0, 0.1) is 0 Å². The number of nitrogens with zero attached hydrogens (tertiary/aromatic N) is 2. The minimum atomic E-state index is 0. The molecule has 0 aromatic heterocycles. The van der Waals surface area contributed by atoms with E-state index in [0.717, 1.165) is 44.3 Å². The van der Waals surface area contributed by atoms with Gasteiger partial charge in [0.25, 0.3) is 0 Å². The molecule has 0 saturated carbocycles. The van der Waals surface area contributed by atoms with Crippen molar-refractivity contribution in [3.05, 3.63) is 29.8 Å². The van der Waals surface area contributed by atoms with Crippen LogP contribution in [-0.4, -0.2) is 50.7 Å². The topological polar surface area (TPSA) is 48.9 Å². The van der Waals surface area contributed by atoms with Crippen LogP contribution in [0.2, 0.25) is 0 Å². The van der Waals surface area contributed by atoms with Gasteiger partial charge in [0.15, 0.2) is 5.96 Å². The van der Waals surface area contributed by atoms with E-state index in [2.05, 4.69) is 53.4 Å². The summed E-state index contributed by atoms with van der Waals surface area (Å²) in [5.74, 6) is 1.73. The van der Waals surface area contributed by atoms with Crippen molar-refractivity contribution in [2.45, 2.75) is 46.2 Å². The molecule has 0 aliphatic carbocycles. The fraction of sp³-hybridized carbons (Fsp3) is 0.632. The summed E-state index contributed by atoms with van der Waals surface area (Å²) in [5, 5.41) is 6.83. The van der Waals surface area contributed by atoms with Crippen LogP contribution in [0.4, 0.5) is 0 Å². The molecule has 0 aliphatic rings. The maximum Gasteiger partial charge on any atom is 0.191 e. The fourth-order valence-electron chi connectivity index (χ4n) is 2.59. The number of hydrogen-bond acceptors (Lipinski definition) is 3. The molecular weight excluding hydrogens is 427 g/mol. The molecule has 1 atom stereocenters. The van der Waals surface area contributed by atoms with E-state index in [1.165, 1.54) is 12.0 Å². The van der Waals surface area contributed by atoms with Crippen LogP contribution in [0.5, 0.6) is 5.75 Å². The molecule has 144 valence electrons. The molecule has 1 aromatic carbocycles. The third-order valence-corrected chi connectivity index (χ3v) is 4.23. The van der Waals surface area contributed by atoms with Gasteiger partial charge in [-0.15, -0.1) is 24.0 Å². The molecule has 1 rings (SSSR count). The van der Waals surface area contributed by atoms with Gasteiger partial charge in [-0.05, 0) is 57.1 Å². The predicted molar refractivity (Wildman–Crippen MR) is 118 cm³/mol. The average molecular weight is 462 g/mol. The zero-order valence-electron chi connectivity index (χ0n) is 16.3. The van der Waals surface area contributed by atoms with E-state index in [1.807, 2.05) is 19.2 Å². The minimum absolute atomic E-state index is 0. The summed E-state index contributed by atoms with van der Waals surface area (Å²) in [6, 6.07) is 8.48. The number of ether oxygens (including phenoxy) is 1. The molecule has 6 heteroatoms. The standard InChI is InChI=1S/C19H34N4O.HI/c1-6-23(7-2)14-8-9-16(3)22-19(20-4)21-15-17-10-12-18(24-5)13-11-17;/h10-13,16H,6-9,14-15H2,1-5H3,(H2,20,21,22);1H. The third kappa shape index (κ3) is 9.89. The lowest BCUT2D eigenvalue weighted by molar-refractivity contribution is 0.292. The van der Waals surface area contributed by atoms with E-state index < -0.39 is 0 Å². The molecule has 0 bridgehead atoms. The molecule has 0 radical (unpaired) electrons. The van der Waals surface area contributed by atoms with Gasteiger partial charge in [-0.3, -0.25) is 4.99 Å². The van der Waals surface area contributed by atoms with Crippen molar-refractivity contribution in [3.63, 3.8) is 0 Å². The Bertz CT molecular complexity index is 475. The van der Waals surface area contributed by atoms with E-state index in [9.17, 15) is 0 Å². The predicted octanol–water partition coefficient (Wildman–Crippen LogP) is 3.49. The van der Waals surface area contributed by atoms with Gasteiger partial charge in [-0.2, -0.15) is 0 Å². The second-order valence-electron chi connectivity index (χ2n) is 5.99. The second-order valence-corrected chi connectivity index (χ2v) is 5.99. The molecule has 0 spiro atoms. The van der Waals surface area contributed by atoms with E-state index in [-0.39, 0.29) is 24.0 Å². The van der Waals surface area contributed by atoms with Crippen LogP contribution >= 0.6 is 24.0 Å². The van der Waals surface area contributed by atoms with Crippen molar-refractivity contribution in [3.8, 4) is 5.75 Å². The summed E-state index contributed by atoms with van der Waals surface area (Å²) in [5.41, 5.74) is 1.20. The Morgan fingerprint density at radius 2 is 1.84 bits per heavy atom. The minimum Gasteiger partial charge on any atom is -0.497 e. The maximum absolute atomic E-state index is 5.18. The first-order valence-electron chi connectivity index (χ1n) is 8.95. The van der Waals surface area contributed by atoms with Crippen molar-refractivity contribution in [2.75, 3.05) is 33.8 Å². The Balaban J connectivity index is 0.00000576. The Morgan fingerprint density at radius 3 is 2.36 bits per heavy atom. The molecular formula is C19H35IN4O. The van der Waals surface area contributed by atoms with Gasteiger partial charge >= 0.3 is 0 Å². The van der Waals surface area contributed by atoms with E-state index in [1.54, 1.807) is 7.11 Å². The lowest BCUT2D eigenvalue weighted by atomic mass is 10.2. The third-order valence-electron chi connectivity index (χ3n) is 4.23. The quantitative estimate of drug-likeness (QED) is 0.318. The number of methoxy groups -OCH3 is 1. The number of guanidine groups is 1. The van der Waals surface area contributed by atoms with Crippen molar-refractivity contribution in [1.82, 2.24) is 15.5 Å². The Morgan fingerprint density at radius 1 is 1.20 bits per heavy atom. The molecule has 1 aromatic rings. The van der Waals surface area contributed by atoms with Gasteiger partial charge in [-0.25, -0.2) is 0 Å². The Labute approximate surface area is 170 Å². The van der Waals surface area contributed by atoms with E-state index in [4.69, 9.17) is 4.74 Å². The van der Waals surface area contributed by atoms with Crippen LogP contribution < -0.4 is 15.4 Å². The van der Waals surface area contributed by atoms with Gasteiger partial charge in [0.1, 0.15) is 5.75 Å². The molecule has 2 N–H and O–H groups in total. The monoisotopic (exact) mass is 462 g/mol. The Hall–Kier alpha value is -1.02. The number of aliphatic imine (C=N–C) groups is 1. The van der Waals surface area contributed by atoms with Crippen LogP contribution in [-0.2, 0) is 6.54 Å². The van der Waals surface area contributed by atoms with Crippen LogP contribution in [0.3, 0.4) is 0 Å². The van der Waals surface area contributed by atoms with Gasteiger partial charge < -0.3 is 20.3 Å². The first-order valence-corrected chi connectivity index (χ1v) is 8.95. The van der Waals surface area contributed by atoms with Crippen molar-refractivity contribution < 1.29 is 4.74 Å². The normalized spacial score (nSPS) is 12.5. The maximum atomic E-state index is 5.18. The molecule has 5 nitrogen and oxygen atoms in total. The fourth-order valence-corrected chi connectivity index (χ4v) is 2.59. The van der Waals surface area contributed by atoms with Gasteiger partial charge in [0.2, 0.25) is 0 Å². The Kier molecular flexibility index (Phi) is 13.6. The van der Waals surface area contributed by atoms with Gasteiger partial charge in [0, 0.05) is 19.6 Å². The zero-order chi connectivity index (χ0) is 17.8. The number of benzene rings is 1. The number of halogens is 1.